The molecule has 1 aromatic carbocycles. The van der Waals surface area contributed by atoms with Gasteiger partial charge in [0, 0.05) is 5.56 Å². The molecule has 0 aliphatic carbocycles. The minimum absolute atomic E-state index is 0.265. The fourth-order valence-electron chi connectivity index (χ4n) is 2.09. The molecule has 0 aliphatic rings. The zero-order valence-electron chi connectivity index (χ0n) is 13.4. The molecule has 0 saturated carbocycles. The summed E-state index contributed by atoms with van der Waals surface area (Å²) in [6, 6.07) is 7.42. The van der Waals surface area contributed by atoms with Crippen LogP contribution in [0.4, 0.5) is 4.79 Å². The number of nitrogens with two attached hydrogens (primary N) is 1. The Kier molecular flexibility index (Phi) is 8.42. The Morgan fingerprint density at radius 1 is 1.13 bits per heavy atom. The van der Waals surface area contributed by atoms with E-state index in [1.807, 2.05) is 0 Å². The third-order valence-corrected chi connectivity index (χ3v) is 3.30. The van der Waals surface area contributed by atoms with Crippen LogP contribution in [0.5, 0.6) is 0 Å². The fraction of sp³-hybridized carbons (Fsp3) is 0.471. The van der Waals surface area contributed by atoms with E-state index >= 15 is 0 Å². The molecule has 1 rings (SSSR count). The third-order valence-electron chi connectivity index (χ3n) is 3.30. The van der Waals surface area contributed by atoms with Gasteiger partial charge in [0.25, 0.3) is 0 Å². The predicted octanol–water partition coefficient (Wildman–Crippen LogP) is 2.42. The van der Waals surface area contributed by atoms with E-state index in [0.29, 0.717) is 5.56 Å². The smallest absolute Gasteiger partial charge is 0.407 e. The maximum absolute atomic E-state index is 12.4. The predicted molar refractivity (Wildman–Crippen MR) is 87.0 cm³/mol. The summed E-state index contributed by atoms with van der Waals surface area (Å²) in [5.41, 5.74) is 5.56. The fourth-order valence-corrected chi connectivity index (χ4v) is 2.09. The zero-order chi connectivity index (χ0) is 17.1. The Hall–Kier alpha value is -2.37. The number of unbranched alkanes of at least 4 members (excludes halogenated alkanes) is 3. The number of Topliss-reactive ketones (excluding diaryl/α,β-unsaturated/α-hetero) is 1. The average Bonchev–Trinajstić information content (AvgIpc) is 2.53. The van der Waals surface area contributed by atoms with Gasteiger partial charge in [-0.2, -0.15) is 0 Å². The summed E-state index contributed by atoms with van der Waals surface area (Å²) in [6.07, 6.45) is 2.96. The van der Waals surface area contributed by atoms with E-state index in [1.165, 1.54) is 0 Å². The van der Waals surface area contributed by atoms with Crippen molar-refractivity contribution in [2.45, 2.75) is 45.1 Å². The van der Waals surface area contributed by atoms with Gasteiger partial charge >= 0.3 is 6.09 Å². The second-order valence-corrected chi connectivity index (χ2v) is 5.29. The van der Waals surface area contributed by atoms with Gasteiger partial charge in [-0.15, -0.1) is 0 Å². The van der Waals surface area contributed by atoms with Crippen LogP contribution >= 0.6 is 0 Å². The number of rotatable bonds is 10. The van der Waals surface area contributed by atoms with Crippen LogP contribution in [0.1, 0.15) is 49.4 Å². The normalized spacial score (nSPS) is 11.5. The quantitative estimate of drug-likeness (QED) is 0.511. The number of carbonyl (C=O) groups excluding carboxylic acids is 3. The van der Waals surface area contributed by atoms with E-state index in [2.05, 4.69) is 12.2 Å². The highest BCUT2D eigenvalue weighted by Gasteiger charge is 2.24. The van der Waals surface area contributed by atoms with Crippen LogP contribution in [0.3, 0.4) is 0 Å². The first-order valence-electron chi connectivity index (χ1n) is 7.85. The first-order valence-corrected chi connectivity index (χ1v) is 7.85. The van der Waals surface area contributed by atoms with Gasteiger partial charge in [0.1, 0.15) is 6.04 Å². The number of carbonyl (C=O) groups is 3. The van der Waals surface area contributed by atoms with Gasteiger partial charge < -0.3 is 15.8 Å². The molecule has 1 aromatic rings. The lowest BCUT2D eigenvalue weighted by Crippen LogP contribution is -2.43. The summed E-state index contributed by atoms with van der Waals surface area (Å²) in [4.78, 5) is 35.3. The molecule has 0 bridgehead atoms. The molecule has 0 aromatic heterocycles. The van der Waals surface area contributed by atoms with Crippen molar-refractivity contribution in [3.63, 3.8) is 0 Å². The van der Waals surface area contributed by atoms with E-state index in [1.54, 1.807) is 30.3 Å². The van der Waals surface area contributed by atoms with Crippen LogP contribution in [0.15, 0.2) is 30.3 Å². The average molecular weight is 320 g/mol. The molecular formula is C17H24N2O4. The van der Waals surface area contributed by atoms with Crippen molar-refractivity contribution in [1.29, 1.82) is 0 Å². The van der Waals surface area contributed by atoms with Crippen molar-refractivity contribution in [1.82, 2.24) is 5.32 Å². The number of nitrogens with one attached hydrogen (secondary N) is 1. The highest BCUT2D eigenvalue weighted by Crippen LogP contribution is 2.07. The summed E-state index contributed by atoms with van der Waals surface area (Å²) < 4.78 is 5.03. The number of hydrogen-bond donors (Lipinski definition) is 2. The summed E-state index contributed by atoms with van der Waals surface area (Å²) in [5.74, 6) is -1.03. The molecule has 0 fully saturated rings. The molecule has 126 valence electrons. The molecule has 0 spiro atoms. The number of primary amides is 1. The van der Waals surface area contributed by atoms with Gasteiger partial charge in [-0.1, -0.05) is 56.5 Å². The minimum atomic E-state index is -1.02. The summed E-state index contributed by atoms with van der Waals surface area (Å²) in [6.45, 7) is 2.38. The molecule has 0 heterocycles. The second-order valence-electron chi connectivity index (χ2n) is 5.29. The third kappa shape index (κ3) is 7.44. The van der Waals surface area contributed by atoms with Crippen LogP contribution in [-0.4, -0.2) is 30.4 Å². The van der Waals surface area contributed by atoms with Crippen molar-refractivity contribution in [3.05, 3.63) is 35.9 Å². The van der Waals surface area contributed by atoms with Crippen LogP contribution in [-0.2, 0) is 9.53 Å². The van der Waals surface area contributed by atoms with E-state index in [9.17, 15) is 14.4 Å². The lowest BCUT2D eigenvalue weighted by molar-refractivity contribution is -0.118. The van der Waals surface area contributed by atoms with Crippen molar-refractivity contribution >= 4 is 17.8 Å². The Morgan fingerprint density at radius 2 is 1.83 bits per heavy atom. The molecular weight excluding hydrogens is 296 g/mol. The van der Waals surface area contributed by atoms with Crippen molar-refractivity contribution < 1.29 is 19.1 Å². The Balaban J connectivity index is 2.55. The van der Waals surface area contributed by atoms with Crippen LogP contribution < -0.4 is 11.1 Å². The first kappa shape index (κ1) is 18.7. The lowest BCUT2D eigenvalue weighted by Gasteiger charge is -2.16. The summed E-state index contributed by atoms with van der Waals surface area (Å²) in [7, 11) is 0. The molecule has 23 heavy (non-hydrogen) atoms. The lowest BCUT2D eigenvalue weighted by atomic mass is 10.0. The highest BCUT2D eigenvalue weighted by atomic mass is 16.5. The molecule has 0 saturated heterocycles. The zero-order valence-corrected chi connectivity index (χ0v) is 13.4. The number of amides is 2. The van der Waals surface area contributed by atoms with Gasteiger partial charge in [-0.25, -0.2) is 4.79 Å². The van der Waals surface area contributed by atoms with E-state index in [0.717, 1.165) is 25.7 Å². The largest absolute Gasteiger partial charge is 0.450 e. The second kappa shape index (κ2) is 10.4. The minimum Gasteiger partial charge on any atom is -0.450 e. The summed E-state index contributed by atoms with van der Waals surface area (Å²) >= 11 is 0. The van der Waals surface area contributed by atoms with E-state index in [-0.39, 0.29) is 18.8 Å². The van der Waals surface area contributed by atoms with Gasteiger partial charge in [-0.3, -0.25) is 9.59 Å². The summed E-state index contributed by atoms with van der Waals surface area (Å²) in [5, 5.41) is 2.43. The number of ketones is 1. The maximum atomic E-state index is 12.4. The van der Waals surface area contributed by atoms with Crippen molar-refractivity contribution in [2.24, 2.45) is 5.73 Å². The number of benzene rings is 1. The van der Waals surface area contributed by atoms with Crippen LogP contribution in [0.25, 0.3) is 0 Å². The molecule has 0 unspecified atom stereocenters. The van der Waals surface area contributed by atoms with Gasteiger partial charge in [0.05, 0.1) is 13.0 Å². The number of ether oxygens (including phenoxy) is 1. The molecule has 6 heteroatoms. The first-order chi connectivity index (χ1) is 11.0. The number of alkyl carbamates (subject to hydrolysis) is 1. The topological polar surface area (TPSA) is 98.5 Å². The molecule has 0 aliphatic heterocycles. The van der Waals surface area contributed by atoms with Crippen LogP contribution in [0.2, 0.25) is 0 Å². The molecule has 3 N–H and O–H groups in total. The Morgan fingerprint density at radius 3 is 2.43 bits per heavy atom. The van der Waals surface area contributed by atoms with Gasteiger partial charge in [0.2, 0.25) is 5.91 Å². The maximum Gasteiger partial charge on any atom is 0.407 e. The van der Waals surface area contributed by atoms with Crippen molar-refractivity contribution in [3.8, 4) is 0 Å². The van der Waals surface area contributed by atoms with Gasteiger partial charge in [-0.05, 0) is 6.42 Å². The molecule has 0 radical (unpaired) electrons. The monoisotopic (exact) mass is 320 g/mol. The van der Waals surface area contributed by atoms with Crippen LogP contribution in [0, 0.1) is 0 Å². The SMILES string of the molecule is CCCCCCOC(=O)N[C@H](CC(N)=O)C(=O)c1ccccc1. The molecule has 6 nitrogen and oxygen atoms in total. The Bertz CT molecular complexity index is 517. The van der Waals surface area contributed by atoms with Crippen molar-refractivity contribution in [2.75, 3.05) is 6.61 Å². The molecule has 1 atom stereocenters. The number of hydrogen-bond acceptors (Lipinski definition) is 4. The molecule has 2 amide bonds. The standard InChI is InChI=1S/C17H24N2O4/c1-2-3-4-8-11-23-17(22)19-14(12-15(18)20)16(21)13-9-6-5-7-10-13/h5-7,9-10,14H,2-4,8,11-12H2,1H3,(H2,18,20)(H,19,22)/t14-/m1/s1. The highest BCUT2D eigenvalue weighted by molar-refractivity contribution is 6.03. The van der Waals surface area contributed by atoms with Gasteiger partial charge in [0.15, 0.2) is 5.78 Å². The Labute approximate surface area is 136 Å². The van der Waals surface area contributed by atoms with E-state index in [4.69, 9.17) is 10.5 Å². The van der Waals surface area contributed by atoms with E-state index < -0.39 is 18.0 Å².